The summed E-state index contributed by atoms with van der Waals surface area (Å²) in [7, 11) is 0. The van der Waals surface area contributed by atoms with Crippen molar-refractivity contribution in [3.05, 3.63) is 35.4 Å². The summed E-state index contributed by atoms with van der Waals surface area (Å²) in [6, 6.07) is 5.02. The molecule has 1 fully saturated rings. The van der Waals surface area contributed by atoms with Crippen LogP contribution in [0.2, 0.25) is 0 Å². The largest absolute Gasteiger partial charge is 0.478 e. The predicted octanol–water partition coefficient (Wildman–Crippen LogP) is 1.86. The van der Waals surface area contributed by atoms with Gasteiger partial charge in [-0.2, -0.15) is 0 Å². The van der Waals surface area contributed by atoms with Crippen LogP contribution in [0.5, 0.6) is 0 Å². The van der Waals surface area contributed by atoms with Crippen LogP contribution in [0, 0.1) is 10.8 Å². The van der Waals surface area contributed by atoms with Gasteiger partial charge in [-0.15, -0.1) is 0 Å². The first-order chi connectivity index (χ1) is 9.92. The molecule has 1 aliphatic carbocycles. The maximum atomic E-state index is 10.3. The molecule has 6 nitrogen and oxygen atoms in total. The SMILES string of the molecule is CC1(C)C(O)C(C)(C)C1O.O=C(O)c1ccc(C(=O)O)cc1. The van der Waals surface area contributed by atoms with Crippen molar-refractivity contribution >= 4 is 11.9 Å². The van der Waals surface area contributed by atoms with Crippen molar-refractivity contribution in [2.75, 3.05) is 0 Å². The average molecular weight is 310 g/mol. The Bertz CT molecular complexity index is 496. The number of aromatic carboxylic acids is 2. The fourth-order valence-electron chi connectivity index (χ4n) is 2.88. The number of benzene rings is 1. The minimum absolute atomic E-state index is 0.0833. The first-order valence-electron chi connectivity index (χ1n) is 6.85. The van der Waals surface area contributed by atoms with Gasteiger partial charge in [-0.3, -0.25) is 0 Å². The summed E-state index contributed by atoms with van der Waals surface area (Å²) in [6.45, 7) is 7.53. The van der Waals surface area contributed by atoms with Crippen LogP contribution in [0.4, 0.5) is 0 Å². The lowest BCUT2D eigenvalue weighted by molar-refractivity contribution is -0.247. The van der Waals surface area contributed by atoms with Crippen molar-refractivity contribution in [2.45, 2.75) is 39.9 Å². The summed E-state index contributed by atoms with van der Waals surface area (Å²) in [5.41, 5.74) is -0.465. The van der Waals surface area contributed by atoms with Crippen molar-refractivity contribution < 1.29 is 30.0 Å². The molecule has 0 heterocycles. The molecule has 0 atom stereocenters. The Morgan fingerprint density at radius 2 is 1.00 bits per heavy atom. The van der Waals surface area contributed by atoms with E-state index < -0.39 is 11.9 Å². The molecule has 1 aliphatic rings. The summed E-state index contributed by atoms with van der Waals surface area (Å²) < 4.78 is 0. The zero-order chi connectivity index (χ0) is 17.3. The van der Waals surface area contributed by atoms with Gasteiger partial charge < -0.3 is 20.4 Å². The van der Waals surface area contributed by atoms with E-state index in [1.54, 1.807) is 0 Å². The van der Waals surface area contributed by atoms with E-state index in [1.807, 2.05) is 27.7 Å². The lowest BCUT2D eigenvalue weighted by atomic mass is 9.51. The maximum Gasteiger partial charge on any atom is 0.335 e. The highest BCUT2D eigenvalue weighted by atomic mass is 16.4. The van der Waals surface area contributed by atoms with Crippen LogP contribution < -0.4 is 0 Å². The van der Waals surface area contributed by atoms with E-state index in [9.17, 15) is 19.8 Å². The third-order valence-electron chi connectivity index (χ3n) is 4.20. The standard InChI is InChI=1S/C8H6O4.C8H16O2/c9-7(10)5-1-2-6(4-3-5)8(11)12;1-7(2)5(9)8(3,4)6(7)10/h1-4H,(H,9,10)(H,11,12);5-6,9-10H,1-4H3. The van der Waals surface area contributed by atoms with Gasteiger partial charge in [0.15, 0.2) is 0 Å². The monoisotopic (exact) mass is 310 g/mol. The van der Waals surface area contributed by atoms with Crippen LogP contribution in [0.3, 0.4) is 0 Å². The van der Waals surface area contributed by atoms with E-state index in [0.717, 1.165) is 0 Å². The number of carboxylic acids is 2. The Labute approximate surface area is 129 Å². The minimum Gasteiger partial charge on any atom is -0.478 e. The highest BCUT2D eigenvalue weighted by Crippen LogP contribution is 2.53. The number of carboxylic acid groups (broad SMARTS) is 2. The molecule has 122 valence electrons. The van der Waals surface area contributed by atoms with Crippen LogP contribution in [-0.2, 0) is 0 Å². The number of hydrogen-bond donors (Lipinski definition) is 4. The second kappa shape index (κ2) is 6.06. The van der Waals surface area contributed by atoms with Crippen LogP contribution >= 0.6 is 0 Å². The first kappa shape index (κ1) is 18.1. The minimum atomic E-state index is -1.06. The molecule has 4 N–H and O–H groups in total. The van der Waals surface area contributed by atoms with Crippen LogP contribution in [0.15, 0.2) is 24.3 Å². The number of rotatable bonds is 2. The van der Waals surface area contributed by atoms with Gasteiger partial charge >= 0.3 is 11.9 Å². The van der Waals surface area contributed by atoms with E-state index in [1.165, 1.54) is 24.3 Å². The van der Waals surface area contributed by atoms with Gasteiger partial charge in [0.2, 0.25) is 0 Å². The lowest BCUT2D eigenvalue weighted by Gasteiger charge is -2.59. The van der Waals surface area contributed by atoms with Gasteiger partial charge in [0.1, 0.15) is 0 Å². The summed E-state index contributed by atoms with van der Waals surface area (Å²) in [6.07, 6.45) is -0.759. The van der Waals surface area contributed by atoms with Gasteiger partial charge in [-0.05, 0) is 24.3 Å². The lowest BCUT2D eigenvalue weighted by Crippen LogP contribution is -2.67. The van der Waals surface area contributed by atoms with Crippen molar-refractivity contribution in [2.24, 2.45) is 10.8 Å². The molecule has 0 bridgehead atoms. The van der Waals surface area contributed by atoms with Gasteiger partial charge in [-0.25, -0.2) is 9.59 Å². The molecule has 0 amide bonds. The predicted molar refractivity (Wildman–Crippen MR) is 79.9 cm³/mol. The molecular weight excluding hydrogens is 288 g/mol. The molecule has 1 saturated carbocycles. The Morgan fingerprint density at radius 1 is 0.773 bits per heavy atom. The zero-order valence-electron chi connectivity index (χ0n) is 13.1. The summed E-state index contributed by atoms with van der Waals surface area (Å²) in [4.78, 5) is 20.7. The normalized spacial score (nSPS) is 24.5. The summed E-state index contributed by atoms with van der Waals surface area (Å²) >= 11 is 0. The highest BCUT2D eigenvalue weighted by Gasteiger charge is 2.60. The van der Waals surface area contributed by atoms with E-state index in [4.69, 9.17) is 10.2 Å². The summed E-state index contributed by atoms with van der Waals surface area (Å²) in [5, 5.41) is 36.0. The summed E-state index contributed by atoms with van der Waals surface area (Å²) in [5.74, 6) is -2.13. The number of aliphatic hydroxyl groups excluding tert-OH is 2. The second-order valence-electron chi connectivity index (χ2n) is 6.64. The Morgan fingerprint density at radius 3 is 1.14 bits per heavy atom. The second-order valence-corrected chi connectivity index (χ2v) is 6.64. The van der Waals surface area contributed by atoms with Crippen molar-refractivity contribution in [3.8, 4) is 0 Å². The molecule has 0 aromatic heterocycles. The molecule has 1 aromatic rings. The Balaban J connectivity index is 0.000000224. The van der Waals surface area contributed by atoms with Crippen LogP contribution in [0.1, 0.15) is 48.4 Å². The van der Waals surface area contributed by atoms with Crippen LogP contribution in [-0.4, -0.2) is 44.6 Å². The van der Waals surface area contributed by atoms with E-state index >= 15 is 0 Å². The van der Waals surface area contributed by atoms with Crippen molar-refractivity contribution in [3.63, 3.8) is 0 Å². The van der Waals surface area contributed by atoms with Gasteiger partial charge in [0.25, 0.3) is 0 Å². The quantitative estimate of drug-likeness (QED) is 0.663. The van der Waals surface area contributed by atoms with Gasteiger partial charge in [0, 0.05) is 10.8 Å². The van der Waals surface area contributed by atoms with Crippen molar-refractivity contribution in [1.82, 2.24) is 0 Å². The number of hydrogen-bond acceptors (Lipinski definition) is 4. The number of carbonyl (C=O) groups is 2. The van der Waals surface area contributed by atoms with Gasteiger partial charge in [0.05, 0.1) is 23.3 Å². The fraction of sp³-hybridized carbons (Fsp3) is 0.500. The first-order valence-corrected chi connectivity index (χ1v) is 6.85. The van der Waals surface area contributed by atoms with Crippen LogP contribution in [0.25, 0.3) is 0 Å². The molecule has 0 radical (unpaired) electrons. The topological polar surface area (TPSA) is 115 Å². The highest BCUT2D eigenvalue weighted by molar-refractivity contribution is 5.91. The smallest absolute Gasteiger partial charge is 0.335 e. The molecular formula is C16H22O6. The zero-order valence-corrected chi connectivity index (χ0v) is 13.1. The average Bonchev–Trinajstić information content (AvgIpc) is 2.46. The molecule has 0 aliphatic heterocycles. The van der Waals surface area contributed by atoms with E-state index in [-0.39, 0.29) is 34.2 Å². The third kappa shape index (κ3) is 3.28. The molecule has 1 aromatic carbocycles. The Hall–Kier alpha value is -1.92. The van der Waals surface area contributed by atoms with E-state index in [2.05, 4.69) is 0 Å². The van der Waals surface area contributed by atoms with Gasteiger partial charge in [-0.1, -0.05) is 27.7 Å². The van der Waals surface area contributed by atoms with E-state index in [0.29, 0.717) is 0 Å². The number of aliphatic hydroxyl groups is 2. The molecule has 0 unspecified atom stereocenters. The molecule has 0 saturated heterocycles. The fourth-order valence-corrected chi connectivity index (χ4v) is 2.88. The molecule has 0 spiro atoms. The third-order valence-corrected chi connectivity index (χ3v) is 4.20. The molecule has 6 heteroatoms. The maximum absolute atomic E-state index is 10.3. The van der Waals surface area contributed by atoms with Crippen molar-refractivity contribution in [1.29, 1.82) is 0 Å². The Kier molecular flexibility index (Phi) is 4.99. The molecule has 2 rings (SSSR count). The molecule has 22 heavy (non-hydrogen) atoms.